The largest absolute Gasteiger partial charge is 0.384 e. The van der Waals surface area contributed by atoms with E-state index in [9.17, 15) is 4.79 Å². The van der Waals surface area contributed by atoms with Crippen LogP contribution >= 0.6 is 0 Å². The second kappa shape index (κ2) is 8.12. The summed E-state index contributed by atoms with van der Waals surface area (Å²) in [6.07, 6.45) is 5.48. The molecule has 1 atom stereocenters. The van der Waals surface area contributed by atoms with Crippen molar-refractivity contribution in [1.29, 1.82) is 0 Å². The Bertz CT molecular complexity index is 447. The van der Waals surface area contributed by atoms with Gasteiger partial charge in [-0.15, -0.1) is 0 Å². The summed E-state index contributed by atoms with van der Waals surface area (Å²) < 4.78 is 10.4. The Hall–Kier alpha value is -1.43. The van der Waals surface area contributed by atoms with Crippen LogP contribution in [0.4, 0.5) is 0 Å². The first-order chi connectivity index (χ1) is 10.2. The third-order valence-corrected chi connectivity index (χ3v) is 3.88. The molecule has 0 aliphatic carbocycles. The minimum Gasteiger partial charge on any atom is -0.384 e. The maximum absolute atomic E-state index is 12.1. The zero-order chi connectivity index (χ0) is 15.1. The van der Waals surface area contributed by atoms with Gasteiger partial charge < -0.3 is 14.2 Å². The molecular weight excluding hydrogens is 270 g/mol. The van der Waals surface area contributed by atoms with E-state index in [-0.39, 0.29) is 11.8 Å². The summed E-state index contributed by atoms with van der Waals surface area (Å²) in [5.41, 5.74) is 0. The van der Waals surface area contributed by atoms with Gasteiger partial charge in [0.25, 0.3) is 0 Å². The van der Waals surface area contributed by atoms with Gasteiger partial charge >= 0.3 is 0 Å². The first kappa shape index (κ1) is 15.9. The number of carbonyl (C=O) groups is 1. The fraction of sp³-hybridized carbons (Fsp3) is 0.800. The molecule has 0 aromatic carbocycles. The van der Waals surface area contributed by atoms with Crippen LogP contribution in [-0.4, -0.2) is 47.8 Å². The number of carbonyl (C=O) groups excluding carboxylic acids is 1. The van der Waals surface area contributed by atoms with Gasteiger partial charge in [0.05, 0.1) is 18.9 Å². The first-order valence-electron chi connectivity index (χ1n) is 7.83. The van der Waals surface area contributed by atoms with Gasteiger partial charge in [-0.3, -0.25) is 4.79 Å². The summed E-state index contributed by atoms with van der Waals surface area (Å²) >= 11 is 0. The topological polar surface area (TPSA) is 68.5 Å². The van der Waals surface area contributed by atoms with Crippen LogP contribution in [0.1, 0.15) is 56.7 Å². The number of amides is 1. The Labute approximate surface area is 125 Å². The molecule has 1 aromatic rings. The molecule has 1 saturated heterocycles. The van der Waals surface area contributed by atoms with Crippen molar-refractivity contribution in [3.8, 4) is 0 Å². The number of rotatable bonds is 7. The van der Waals surface area contributed by atoms with Gasteiger partial charge in [0.1, 0.15) is 0 Å². The van der Waals surface area contributed by atoms with Crippen LogP contribution in [0.15, 0.2) is 4.52 Å². The van der Waals surface area contributed by atoms with Gasteiger partial charge in [-0.05, 0) is 19.3 Å². The van der Waals surface area contributed by atoms with E-state index in [4.69, 9.17) is 9.26 Å². The molecule has 21 heavy (non-hydrogen) atoms. The van der Waals surface area contributed by atoms with Crippen molar-refractivity contribution < 1.29 is 14.1 Å². The zero-order valence-electron chi connectivity index (χ0n) is 13.0. The van der Waals surface area contributed by atoms with Crippen molar-refractivity contribution in [1.82, 2.24) is 15.0 Å². The van der Waals surface area contributed by atoms with Crippen LogP contribution < -0.4 is 0 Å². The lowest BCUT2D eigenvalue weighted by Gasteiger charge is -2.31. The summed E-state index contributed by atoms with van der Waals surface area (Å²) in [5.74, 6) is 1.79. The molecule has 1 aliphatic rings. The van der Waals surface area contributed by atoms with Gasteiger partial charge in [0, 0.05) is 26.6 Å². The molecular formula is C15H25N3O3. The molecule has 2 rings (SSSR count). The molecule has 0 N–H and O–H groups in total. The van der Waals surface area contributed by atoms with Crippen molar-refractivity contribution in [2.45, 2.75) is 51.4 Å². The predicted molar refractivity (Wildman–Crippen MR) is 78.0 cm³/mol. The Morgan fingerprint density at radius 2 is 2.38 bits per heavy atom. The number of aryl methyl sites for hydroxylation is 1. The van der Waals surface area contributed by atoms with E-state index in [0.717, 1.165) is 44.5 Å². The van der Waals surface area contributed by atoms with Gasteiger partial charge in [-0.25, -0.2) is 0 Å². The Kier molecular flexibility index (Phi) is 6.17. The van der Waals surface area contributed by atoms with Crippen molar-refractivity contribution >= 4 is 5.91 Å². The molecule has 2 heterocycles. The molecule has 0 unspecified atom stereocenters. The van der Waals surface area contributed by atoms with E-state index in [0.29, 0.717) is 25.5 Å². The monoisotopic (exact) mass is 295 g/mol. The number of likely N-dealkylation sites (tertiary alicyclic amines) is 1. The molecule has 1 fully saturated rings. The summed E-state index contributed by atoms with van der Waals surface area (Å²) in [4.78, 5) is 18.4. The number of methoxy groups -OCH3 is 1. The Morgan fingerprint density at radius 1 is 1.52 bits per heavy atom. The van der Waals surface area contributed by atoms with E-state index < -0.39 is 0 Å². The maximum atomic E-state index is 12.1. The minimum absolute atomic E-state index is 0.146. The lowest BCUT2D eigenvalue weighted by atomic mass is 9.97. The highest BCUT2D eigenvalue weighted by Gasteiger charge is 2.28. The lowest BCUT2D eigenvalue weighted by Crippen LogP contribution is -2.39. The van der Waals surface area contributed by atoms with Gasteiger partial charge in [-0.1, -0.05) is 18.5 Å². The van der Waals surface area contributed by atoms with Crippen molar-refractivity contribution in [3.63, 3.8) is 0 Å². The van der Waals surface area contributed by atoms with Crippen LogP contribution in [-0.2, 0) is 16.0 Å². The SMILES string of the molecule is CCCCc1noc([C@@H]2CCCN(C(=O)CCOC)C2)n1. The van der Waals surface area contributed by atoms with Crippen molar-refractivity contribution in [2.75, 3.05) is 26.8 Å². The fourth-order valence-electron chi connectivity index (χ4n) is 2.62. The van der Waals surface area contributed by atoms with E-state index >= 15 is 0 Å². The highest BCUT2D eigenvalue weighted by Crippen LogP contribution is 2.26. The third-order valence-electron chi connectivity index (χ3n) is 3.88. The van der Waals surface area contributed by atoms with Crippen LogP contribution in [0.3, 0.4) is 0 Å². The van der Waals surface area contributed by atoms with Gasteiger partial charge in [-0.2, -0.15) is 4.98 Å². The standard InChI is InChI=1S/C15H25N3O3/c1-3-4-7-13-16-15(21-17-13)12-6-5-9-18(11-12)14(19)8-10-20-2/h12H,3-11H2,1-2H3/t12-/m1/s1. The quantitative estimate of drug-likeness (QED) is 0.771. The third kappa shape index (κ3) is 4.52. The lowest BCUT2D eigenvalue weighted by molar-refractivity contribution is -0.133. The van der Waals surface area contributed by atoms with Crippen LogP contribution in [0.2, 0.25) is 0 Å². The number of hydrogen-bond donors (Lipinski definition) is 0. The van der Waals surface area contributed by atoms with E-state index in [1.807, 2.05) is 4.90 Å². The number of unbranched alkanes of at least 4 members (excludes halogenated alkanes) is 1. The fourth-order valence-corrected chi connectivity index (χ4v) is 2.62. The smallest absolute Gasteiger partial charge is 0.231 e. The maximum Gasteiger partial charge on any atom is 0.231 e. The van der Waals surface area contributed by atoms with Crippen molar-refractivity contribution in [2.24, 2.45) is 0 Å². The van der Waals surface area contributed by atoms with E-state index in [2.05, 4.69) is 17.1 Å². The molecule has 0 bridgehead atoms. The minimum atomic E-state index is 0.146. The van der Waals surface area contributed by atoms with Crippen LogP contribution in [0.25, 0.3) is 0 Å². The average molecular weight is 295 g/mol. The normalized spacial score (nSPS) is 19.0. The van der Waals surface area contributed by atoms with E-state index in [1.54, 1.807) is 7.11 Å². The number of aromatic nitrogens is 2. The molecule has 1 aromatic heterocycles. The molecule has 1 aliphatic heterocycles. The zero-order valence-corrected chi connectivity index (χ0v) is 13.0. The first-order valence-corrected chi connectivity index (χ1v) is 7.83. The van der Waals surface area contributed by atoms with Crippen molar-refractivity contribution in [3.05, 3.63) is 11.7 Å². The highest BCUT2D eigenvalue weighted by atomic mass is 16.5. The highest BCUT2D eigenvalue weighted by molar-refractivity contribution is 5.76. The number of hydrogen-bond acceptors (Lipinski definition) is 5. The number of nitrogens with zero attached hydrogens (tertiary/aromatic N) is 3. The average Bonchev–Trinajstić information content (AvgIpc) is 2.99. The Morgan fingerprint density at radius 3 is 3.14 bits per heavy atom. The molecule has 6 heteroatoms. The number of ether oxygens (including phenoxy) is 1. The second-order valence-electron chi connectivity index (χ2n) is 5.57. The number of piperidine rings is 1. The van der Waals surface area contributed by atoms with Gasteiger partial charge in [0.2, 0.25) is 11.8 Å². The summed E-state index contributed by atoms with van der Waals surface area (Å²) in [6, 6.07) is 0. The van der Waals surface area contributed by atoms with E-state index in [1.165, 1.54) is 0 Å². The van der Waals surface area contributed by atoms with Crippen LogP contribution in [0, 0.1) is 0 Å². The summed E-state index contributed by atoms with van der Waals surface area (Å²) in [5, 5.41) is 4.04. The molecule has 1 amide bonds. The summed E-state index contributed by atoms with van der Waals surface area (Å²) in [6.45, 7) is 4.11. The molecule has 0 saturated carbocycles. The van der Waals surface area contributed by atoms with Gasteiger partial charge in [0.15, 0.2) is 5.82 Å². The molecule has 0 radical (unpaired) electrons. The summed E-state index contributed by atoms with van der Waals surface area (Å²) in [7, 11) is 1.61. The second-order valence-corrected chi connectivity index (χ2v) is 5.57. The van der Waals surface area contributed by atoms with Crippen LogP contribution in [0.5, 0.6) is 0 Å². The Balaban J connectivity index is 1.91. The molecule has 0 spiro atoms. The predicted octanol–water partition coefficient (Wildman–Crippen LogP) is 2.15. The molecule has 6 nitrogen and oxygen atoms in total. The molecule has 118 valence electrons.